The van der Waals surface area contributed by atoms with Gasteiger partial charge in [0.25, 0.3) is 0 Å². The lowest BCUT2D eigenvalue weighted by Crippen LogP contribution is -2.14. The molecule has 4 rings (SSSR count). The highest BCUT2D eigenvalue weighted by Gasteiger charge is 2.16. The van der Waals surface area contributed by atoms with Crippen LogP contribution >= 0.6 is 23.1 Å². The summed E-state index contributed by atoms with van der Waals surface area (Å²) < 4.78 is 0.892. The third kappa shape index (κ3) is 4.81. The predicted octanol–water partition coefficient (Wildman–Crippen LogP) is 6.82. The van der Waals surface area contributed by atoms with Gasteiger partial charge in [-0.2, -0.15) is 0 Å². The third-order valence-corrected chi connectivity index (χ3v) is 7.06. The molecule has 150 valence electrons. The molecule has 30 heavy (non-hydrogen) atoms. The molecule has 0 atom stereocenters. The zero-order valence-electron chi connectivity index (χ0n) is 16.9. The number of aromatic nitrogens is 1. The Hall–Kier alpha value is -2.89. The predicted molar refractivity (Wildman–Crippen MR) is 128 cm³/mol. The fourth-order valence-corrected chi connectivity index (χ4v) is 5.05. The summed E-state index contributed by atoms with van der Waals surface area (Å²) in [5.74, 6) is 0.295. The number of nitrogens with zero attached hydrogens (tertiary/aromatic N) is 1. The number of hydrogen-bond acceptors (Lipinski definition) is 4. The van der Waals surface area contributed by atoms with Gasteiger partial charge in [-0.15, -0.1) is 11.3 Å². The largest absolute Gasteiger partial charge is 0.325 e. The molecule has 1 heterocycles. The second kappa shape index (κ2) is 9.28. The van der Waals surface area contributed by atoms with Crippen molar-refractivity contribution in [3.63, 3.8) is 0 Å². The van der Waals surface area contributed by atoms with Crippen molar-refractivity contribution in [2.45, 2.75) is 18.2 Å². The Bertz CT molecular complexity index is 1100. The molecule has 1 N–H and O–H groups in total. The number of carbonyl (C=O) groups excluding carboxylic acids is 1. The fraction of sp³-hybridized carbons (Fsp3) is 0.120. The Morgan fingerprint density at radius 3 is 2.23 bits per heavy atom. The van der Waals surface area contributed by atoms with Gasteiger partial charge in [0.2, 0.25) is 5.91 Å². The van der Waals surface area contributed by atoms with E-state index in [0.717, 1.165) is 31.7 Å². The van der Waals surface area contributed by atoms with Crippen LogP contribution in [0.15, 0.2) is 83.2 Å². The lowest BCUT2D eigenvalue weighted by molar-refractivity contribution is -0.113. The third-order valence-electron chi connectivity index (χ3n) is 4.81. The molecule has 3 aromatic carbocycles. The van der Waals surface area contributed by atoms with E-state index in [0.29, 0.717) is 5.75 Å². The summed E-state index contributed by atoms with van der Waals surface area (Å²) in [6.07, 6.45) is 0. The van der Waals surface area contributed by atoms with E-state index in [4.69, 9.17) is 4.98 Å². The van der Waals surface area contributed by atoms with Crippen LogP contribution in [-0.2, 0) is 4.79 Å². The average molecular weight is 431 g/mol. The van der Waals surface area contributed by atoms with Crippen LogP contribution in [0.3, 0.4) is 0 Å². The number of aryl methyl sites for hydroxylation is 2. The summed E-state index contributed by atoms with van der Waals surface area (Å²) >= 11 is 3.11. The van der Waals surface area contributed by atoms with Crippen LogP contribution in [0.2, 0.25) is 0 Å². The first-order valence-electron chi connectivity index (χ1n) is 9.72. The number of nitrogens with one attached hydrogen (secondary N) is 1. The van der Waals surface area contributed by atoms with Crippen molar-refractivity contribution in [3.05, 3.63) is 90.0 Å². The van der Waals surface area contributed by atoms with Crippen molar-refractivity contribution >= 4 is 34.7 Å². The Kier molecular flexibility index (Phi) is 6.31. The van der Waals surface area contributed by atoms with E-state index in [1.165, 1.54) is 22.9 Å². The highest BCUT2D eigenvalue weighted by Crippen LogP contribution is 2.40. The van der Waals surface area contributed by atoms with Gasteiger partial charge in [0.1, 0.15) is 0 Å². The van der Waals surface area contributed by atoms with Gasteiger partial charge in [0, 0.05) is 11.3 Å². The number of anilines is 1. The van der Waals surface area contributed by atoms with Crippen molar-refractivity contribution in [1.29, 1.82) is 0 Å². The molecule has 0 aliphatic carbocycles. The number of thioether (sulfide) groups is 1. The molecule has 0 aliphatic rings. The minimum absolute atomic E-state index is 0.0269. The summed E-state index contributed by atoms with van der Waals surface area (Å²) in [6, 6.07) is 26.4. The molecule has 3 nitrogen and oxygen atoms in total. The van der Waals surface area contributed by atoms with Crippen LogP contribution < -0.4 is 5.32 Å². The number of carbonyl (C=O) groups is 1. The summed E-state index contributed by atoms with van der Waals surface area (Å²) in [6.45, 7) is 4.11. The molecule has 4 aromatic rings. The number of hydrogen-bond donors (Lipinski definition) is 1. The Labute approximate surface area is 185 Å². The quantitative estimate of drug-likeness (QED) is 0.341. The smallest absolute Gasteiger partial charge is 0.234 e. The SMILES string of the molecule is Cc1ccc(NC(=O)CSc2nc(-c3ccccc3)c(-c3ccccc3)s2)cc1C. The first-order chi connectivity index (χ1) is 14.6. The molecule has 1 aromatic heterocycles. The summed E-state index contributed by atoms with van der Waals surface area (Å²) in [7, 11) is 0. The Morgan fingerprint density at radius 1 is 0.900 bits per heavy atom. The zero-order valence-corrected chi connectivity index (χ0v) is 18.5. The van der Waals surface area contributed by atoms with Crippen molar-refractivity contribution in [2.75, 3.05) is 11.1 Å². The molecule has 0 unspecified atom stereocenters. The van der Waals surface area contributed by atoms with Crippen molar-refractivity contribution in [3.8, 4) is 21.7 Å². The number of thiazole rings is 1. The number of rotatable bonds is 6. The van der Waals surface area contributed by atoms with Crippen molar-refractivity contribution in [1.82, 2.24) is 4.98 Å². The molecule has 0 spiro atoms. The molecular formula is C25H22N2OS2. The van der Waals surface area contributed by atoms with E-state index < -0.39 is 0 Å². The zero-order chi connectivity index (χ0) is 20.9. The molecule has 1 amide bonds. The lowest BCUT2D eigenvalue weighted by atomic mass is 10.1. The number of amides is 1. The molecule has 0 bridgehead atoms. The molecule has 0 saturated heterocycles. The first-order valence-corrected chi connectivity index (χ1v) is 11.5. The van der Waals surface area contributed by atoms with E-state index in [9.17, 15) is 4.79 Å². The second-order valence-corrected chi connectivity index (χ2v) is 9.25. The second-order valence-electron chi connectivity index (χ2n) is 7.03. The minimum Gasteiger partial charge on any atom is -0.325 e. The van der Waals surface area contributed by atoms with E-state index in [1.807, 2.05) is 61.5 Å². The highest BCUT2D eigenvalue weighted by atomic mass is 32.2. The van der Waals surface area contributed by atoms with Gasteiger partial charge in [-0.1, -0.05) is 78.5 Å². The van der Waals surface area contributed by atoms with Gasteiger partial charge < -0.3 is 5.32 Å². The standard InChI is InChI=1S/C25H22N2OS2/c1-17-13-14-21(15-18(17)2)26-22(28)16-29-25-27-23(19-9-5-3-6-10-19)24(30-25)20-11-7-4-8-12-20/h3-15H,16H2,1-2H3,(H,26,28). The van der Waals surface area contributed by atoms with Gasteiger partial charge in [-0.05, 0) is 42.7 Å². The maximum atomic E-state index is 12.5. The van der Waals surface area contributed by atoms with Crippen LogP contribution in [0.25, 0.3) is 21.7 Å². The van der Waals surface area contributed by atoms with E-state index in [-0.39, 0.29) is 5.91 Å². The Balaban J connectivity index is 1.52. The maximum absolute atomic E-state index is 12.5. The van der Waals surface area contributed by atoms with E-state index in [2.05, 4.69) is 36.5 Å². The molecule has 5 heteroatoms. The molecule has 0 aliphatic heterocycles. The van der Waals surface area contributed by atoms with E-state index >= 15 is 0 Å². The Morgan fingerprint density at radius 2 is 1.57 bits per heavy atom. The van der Waals surface area contributed by atoms with Crippen LogP contribution in [0.5, 0.6) is 0 Å². The summed E-state index contributed by atoms with van der Waals surface area (Å²) in [4.78, 5) is 18.4. The monoisotopic (exact) mass is 430 g/mol. The molecule has 0 fully saturated rings. The van der Waals surface area contributed by atoms with Gasteiger partial charge in [-0.25, -0.2) is 4.98 Å². The van der Waals surface area contributed by atoms with Crippen LogP contribution in [0, 0.1) is 13.8 Å². The number of benzene rings is 3. The molecule has 0 saturated carbocycles. The minimum atomic E-state index is -0.0269. The van der Waals surface area contributed by atoms with Gasteiger partial charge in [-0.3, -0.25) is 4.79 Å². The molecule has 0 radical (unpaired) electrons. The van der Waals surface area contributed by atoms with E-state index in [1.54, 1.807) is 11.3 Å². The van der Waals surface area contributed by atoms with Gasteiger partial charge in [0.05, 0.1) is 16.3 Å². The summed E-state index contributed by atoms with van der Waals surface area (Å²) in [5, 5.41) is 2.98. The summed E-state index contributed by atoms with van der Waals surface area (Å²) in [5.41, 5.74) is 6.40. The maximum Gasteiger partial charge on any atom is 0.234 e. The van der Waals surface area contributed by atoms with Crippen molar-refractivity contribution < 1.29 is 4.79 Å². The lowest BCUT2D eigenvalue weighted by Gasteiger charge is -2.07. The van der Waals surface area contributed by atoms with Crippen LogP contribution in [0.4, 0.5) is 5.69 Å². The van der Waals surface area contributed by atoms with Crippen LogP contribution in [0.1, 0.15) is 11.1 Å². The van der Waals surface area contributed by atoms with Gasteiger partial charge in [0.15, 0.2) is 4.34 Å². The molecular weight excluding hydrogens is 408 g/mol. The fourth-order valence-electron chi connectivity index (χ4n) is 3.08. The van der Waals surface area contributed by atoms with Gasteiger partial charge >= 0.3 is 0 Å². The van der Waals surface area contributed by atoms with Crippen LogP contribution in [-0.4, -0.2) is 16.6 Å². The van der Waals surface area contributed by atoms with Crippen molar-refractivity contribution in [2.24, 2.45) is 0 Å². The first kappa shape index (κ1) is 20.4. The average Bonchev–Trinajstić information content (AvgIpc) is 3.21. The normalized spacial score (nSPS) is 10.7. The highest BCUT2D eigenvalue weighted by molar-refractivity contribution is 8.01. The topological polar surface area (TPSA) is 42.0 Å².